The van der Waals surface area contributed by atoms with Crippen LogP contribution in [0.2, 0.25) is 0 Å². The molecule has 1 unspecified atom stereocenters. The summed E-state index contributed by atoms with van der Waals surface area (Å²) in [7, 11) is 1.91. The Bertz CT molecular complexity index is 861. The predicted molar refractivity (Wildman–Crippen MR) is 123 cm³/mol. The molecule has 4 rings (SSSR count). The zero-order valence-electron chi connectivity index (χ0n) is 17.6. The number of nitrogens with zero attached hydrogens (tertiary/aromatic N) is 2. The minimum Gasteiger partial charge on any atom is -0.392 e. The number of aliphatic hydroxyl groups is 1. The van der Waals surface area contributed by atoms with Crippen LogP contribution in [0.4, 0.5) is 5.69 Å². The Hall–Kier alpha value is -2.02. The van der Waals surface area contributed by atoms with E-state index in [1.807, 2.05) is 30.1 Å². The van der Waals surface area contributed by atoms with Gasteiger partial charge in [-0.1, -0.05) is 42.5 Å². The fourth-order valence-electron chi connectivity index (χ4n) is 4.36. The summed E-state index contributed by atoms with van der Waals surface area (Å²) in [5.41, 5.74) is 3.69. The number of fused-ring (bicyclic) bond motifs is 1. The fraction of sp³-hybridized carbons (Fsp3) is 0.458. The number of aryl methyl sites for hydroxylation is 1. The molecule has 2 N–H and O–H groups in total. The van der Waals surface area contributed by atoms with E-state index in [0.29, 0.717) is 12.3 Å². The van der Waals surface area contributed by atoms with Crippen molar-refractivity contribution in [3.05, 3.63) is 59.7 Å². The smallest absolute Gasteiger partial charge is 0.233 e. The van der Waals surface area contributed by atoms with Crippen molar-refractivity contribution < 1.29 is 9.90 Å². The standard InChI is InChI=1S/C24H31N3O2S/c1-26(21(18-7-3-2-4-8-18)16-27-14-12-20(28)15-27)23(29)17-30-22-11-5-9-19-10-6-13-25-24(19)22/h2-5,7-9,11,20-21,25,28H,6,10,12-17H2,1H3/t20-,21?/m0/s1. The van der Waals surface area contributed by atoms with Gasteiger partial charge < -0.3 is 15.3 Å². The number of β-amino-alcohol motifs (C(OH)–C–C–N with tert-alkyl or cyclic N) is 1. The number of hydrogen-bond donors (Lipinski definition) is 2. The third-order valence-electron chi connectivity index (χ3n) is 6.11. The summed E-state index contributed by atoms with van der Waals surface area (Å²) in [4.78, 5) is 18.5. The van der Waals surface area contributed by atoms with Crippen LogP contribution in [0.1, 0.15) is 30.0 Å². The van der Waals surface area contributed by atoms with E-state index < -0.39 is 0 Å². The van der Waals surface area contributed by atoms with E-state index in [1.165, 1.54) is 11.3 Å². The van der Waals surface area contributed by atoms with Crippen molar-refractivity contribution in [2.45, 2.75) is 36.3 Å². The molecular weight excluding hydrogens is 394 g/mol. The first-order chi connectivity index (χ1) is 14.6. The van der Waals surface area contributed by atoms with E-state index in [2.05, 4.69) is 40.5 Å². The van der Waals surface area contributed by atoms with Gasteiger partial charge in [-0.15, -0.1) is 11.8 Å². The van der Waals surface area contributed by atoms with Gasteiger partial charge in [-0.25, -0.2) is 0 Å². The lowest BCUT2D eigenvalue weighted by molar-refractivity contribution is -0.129. The van der Waals surface area contributed by atoms with Crippen LogP contribution in [0.5, 0.6) is 0 Å². The molecule has 1 amide bonds. The summed E-state index contributed by atoms with van der Waals surface area (Å²) in [5, 5.41) is 13.4. The van der Waals surface area contributed by atoms with Gasteiger partial charge in [-0.2, -0.15) is 0 Å². The van der Waals surface area contributed by atoms with Crippen molar-refractivity contribution in [3.8, 4) is 0 Å². The highest BCUT2D eigenvalue weighted by molar-refractivity contribution is 8.00. The Kier molecular flexibility index (Phi) is 6.97. The second-order valence-corrected chi connectivity index (χ2v) is 9.26. The normalized spacial score (nSPS) is 19.7. The van der Waals surface area contributed by atoms with Crippen molar-refractivity contribution in [3.63, 3.8) is 0 Å². The van der Waals surface area contributed by atoms with Gasteiger partial charge in [0.1, 0.15) is 0 Å². The number of anilines is 1. The van der Waals surface area contributed by atoms with Gasteiger partial charge in [0.2, 0.25) is 5.91 Å². The molecule has 30 heavy (non-hydrogen) atoms. The highest BCUT2D eigenvalue weighted by Gasteiger charge is 2.28. The predicted octanol–water partition coefficient (Wildman–Crippen LogP) is 3.40. The maximum atomic E-state index is 13.2. The molecular formula is C24H31N3O2S. The molecule has 0 aliphatic carbocycles. The lowest BCUT2D eigenvalue weighted by Gasteiger charge is -2.32. The molecule has 2 atom stereocenters. The molecule has 0 saturated carbocycles. The van der Waals surface area contributed by atoms with Crippen LogP contribution in [-0.4, -0.2) is 65.9 Å². The molecule has 5 nitrogen and oxygen atoms in total. The van der Waals surface area contributed by atoms with Gasteiger partial charge in [0, 0.05) is 38.1 Å². The number of likely N-dealkylation sites (tertiary alicyclic amines) is 1. The van der Waals surface area contributed by atoms with Gasteiger partial charge in [0.25, 0.3) is 0 Å². The number of carbonyl (C=O) groups excluding carboxylic acids is 1. The van der Waals surface area contributed by atoms with E-state index in [-0.39, 0.29) is 18.1 Å². The molecule has 0 radical (unpaired) electrons. The van der Waals surface area contributed by atoms with Crippen LogP contribution in [-0.2, 0) is 11.2 Å². The molecule has 0 aromatic heterocycles. The monoisotopic (exact) mass is 425 g/mol. The van der Waals surface area contributed by atoms with Crippen LogP contribution in [0.25, 0.3) is 0 Å². The van der Waals surface area contributed by atoms with Gasteiger partial charge >= 0.3 is 0 Å². The van der Waals surface area contributed by atoms with E-state index >= 15 is 0 Å². The molecule has 2 aromatic rings. The van der Waals surface area contributed by atoms with Crippen LogP contribution >= 0.6 is 11.8 Å². The largest absolute Gasteiger partial charge is 0.392 e. The molecule has 6 heteroatoms. The minimum atomic E-state index is -0.255. The second-order valence-electron chi connectivity index (χ2n) is 8.24. The van der Waals surface area contributed by atoms with Crippen molar-refractivity contribution in [2.24, 2.45) is 0 Å². The van der Waals surface area contributed by atoms with Crippen LogP contribution in [0.3, 0.4) is 0 Å². The Labute approximate surface area is 183 Å². The third kappa shape index (κ3) is 4.99. The van der Waals surface area contributed by atoms with E-state index in [0.717, 1.165) is 49.4 Å². The summed E-state index contributed by atoms with van der Waals surface area (Å²) >= 11 is 1.62. The second kappa shape index (κ2) is 9.86. The lowest BCUT2D eigenvalue weighted by Crippen LogP contribution is -2.39. The molecule has 2 heterocycles. The molecule has 160 valence electrons. The number of amides is 1. The Morgan fingerprint density at radius 1 is 1.27 bits per heavy atom. The summed E-state index contributed by atoms with van der Waals surface area (Å²) < 4.78 is 0. The van der Waals surface area contributed by atoms with E-state index in [9.17, 15) is 9.90 Å². The average Bonchev–Trinajstić information content (AvgIpc) is 3.20. The number of nitrogens with one attached hydrogen (secondary N) is 1. The number of hydrogen-bond acceptors (Lipinski definition) is 5. The zero-order valence-corrected chi connectivity index (χ0v) is 18.4. The van der Waals surface area contributed by atoms with Crippen molar-refractivity contribution >= 4 is 23.4 Å². The summed E-state index contributed by atoms with van der Waals surface area (Å²) in [6.07, 6.45) is 2.81. The van der Waals surface area contributed by atoms with Gasteiger partial charge in [-0.3, -0.25) is 9.69 Å². The number of thioether (sulfide) groups is 1. The maximum Gasteiger partial charge on any atom is 0.233 e. The number of likely N-dealkylation sites (N-methyl/N-ethyl adjacent to an activating group) is 1. The van der Waals surface area contributed by atoms with Gasteiger partial charge in [0.05, 0.1) is 23.6 Å². The molecule has 0 bridgehead atoms. The first-order valence-electron chi connectivity index (χ1n) is 10.8. The summed E-state index contributed by atoms with van der Waals surface area (Å²) in [5.74, 6) is 0.544. The van der Waals surface area contributed by atoms with Crippen molar-refractivity contribution in [1.82, 2.24) is 9.80 Å². The fourth-order valence-corrected chi connectivity index (χ4v) is 5.37. The number of benzene rings is 2. The van der Waals surface area contributed by atoms with Crippen molar-refractivity contribution in [2.75, 3.05) is 44.3 Å². The maximum absolute atomic E-state index is 13.2. The van der Waals surface area contributed by atoms with Crippen LogP contribution in [0.15, 0.2) is 53.4 Å². The molecule has 2 aromatic carbocycles. The summed E-state index contributed by atoms with van der Waals surface area (Å²) in [6, 6.07) is 16.6. The van der Waals surface area contributed by atoms with Crippen molar-refractivity contribution in [1.29, 1.82) is 0 Å². The van der Waals surface area contributed by atoms with Crippen LogP contribution in [0, 0.1) is 0 Å². The molecule has 2 aliphatic heterocycles. The highest BCUT2D eigenvalue weighted by Crippen LogP contribution is 2.34. The molecule has 1 fully saturated rings. The Morgan fingerprint density at radius 2 is 2.10 bits per heavy atom. The quantitative estimate of drug-likeness (QED) is 0.666. The SMILES string of the molecule is CN(C(=O)CSc1cccc2c1NCCC2)C(CN1CC[C@H](O)C1)c1ccccc1. The number of carbonyl (C=O) groups is 1. The number of para-hydroxylation sites is 1. The Morgan fingerprint density at radius 3 is 2.87 bits per heavy atom. The Balaban J connectivity index is 1.44. The zero-order chi connectivity index (χ0) is 20.9. The van der Waals surface area contributed by atoms with E-state index in [1.54, 1.807) is 11.8 Å². The average molecular weight is 426 g/mol. The molecule has 0 spiro atoms. The van der Waals surface area contributed by atoms with Crippen LogP contribution < -0.4 is 5.32 Å². The minimum absolute atomic E-state index is 0.0209. The summed E-state index contributed by atoms with van der Waals surface area (Å²) in [6.45, 7) is 3.30. The molecule has 2 aliphatic rings. The molecule has 1 saturated heterocycles. The third-order valence-corrected chi connectivity index (χ3v) is 7.15. The number of rotatable bonds is 7. The van der Waals surface area contributed by atoms with Gasteiger partial charge in [-0.05, 0) is 36.5 Å². The van der Waals surface area contributed by atoms with E-state index in [4.69, 9.17) is 0 Å². The first-order valence-corrected chi connectivity index (χ1v) is 11.8. The number of aliphatic hydroxyl groups excluding tert-OH is 1. The lowest BCUT2D eigenvalue weighted by atomic mass is 10.0. The highest BCUT2D eigenvalue weighted by atomic mass is 32.2. The van der Waals surface area contributed by atoms with Gasteiger partial charge in [0.15, 0.2) is 0 Å². The first kappa shape index (κ1) is 21.2. The topological polar surface area (TPSA) is 55.8 Å².